The van der Waals surface area contributed by atoms with Gasteiger partial charge in [-0.15, -0.1) is 0 Å². The maximum Gasteiger partial charge on any atom is 0.247 e. The summed E-state index contributed by atoms with van der Waals surface area (Å²) >= 11 is 24.0. The average Bonchev–Trinajstić information content (AvgIpc) is 2.92. The number of nitrogens with zero attached hydrogens (tertiary/aromatic N) is 1. The highest BCUT2D eigenvalue weighted by atomic mass is 35.5. The van der Waals surface area contributed by atoms with E-state index in [0.29, 0.717) is 16.7 Å². The third-order valence-corrected chi connectivity index (χ3v) is 11.0. The first-order valence-electron chi connectivity index (χ1n) is 12.4. The molecule has 7 nitrogen and oxygen atoms in total. The van der Waals surface area contributed by atoms with Crippen molar-refractivity contribution in [3.05, 3.63) is 115 Å². The molecule has 0 radical (unpaired) electrons. The highest BCUT2D eigenvalue weighted by Gasteiger charge is 2.30. The maximum atomic E-state index is 13.8. The van der Waals surface area contributed by atoms with Crippen LogP contribution in [-0.4, -0.2) is 37.1 Å². The molecule has 0 heterocycles. The lowest BCUT2D eigenvalue weighted by Crippen LogP contribution is -2.30. The molecule has 4 aromatic rings. The average molecular weight is 689 g/mol. The number of sulfonamides is 1. The molecule has 0 aromatic heterocycles. The quantitative estimate of drug-likeness (QED) is 0.179. The van der Waals surface area contributed by atoms with E-state index in [1.165, 1.54) is 16.4 Å². The van der Waals surface area contributed by atoms with E-state index < -0.39 is 36.3 Å². The number of rotatable bonds is 10. The predicted molar refractivity (Wildman–Crippen MR) is 166 cm³/mol. The number of aryl methyl sites for hydroxylation is 2. The van der Waals surface area contributed by atoms with Gasteiger partial charge in [-0.2, -0.15) is 4.31 Å². The Bertz CT molecular complexity index is 1850. The number of benzene rings is 4. The number of sulfone groups is 1. The lowest BCUT2D eigenvalue weighted by molar-refractivity contribution is 0.394. The molecule has 42 heavy (non-hydrogen) atoms. The number of halogens is 4. The van der Waals surface area contributed by atoms with Gasteiger partial charge < -0.3 is 10.2 Å². The highest BCUT2D eigenvalue weighted by Crippen LogP contribution is 2.37. The van der Waals surface area contributed by atoms with Crippen molar-refractivity contribution >= 4 is 66.3 Å². The van der Waals surface area contributed by atoms with Crippen LogP contribution in [0.25, 0.3) is 0 Å². The molecular weight excluding hydrogens is 664 g/mol. The summed E-state index contributed by atoms with van der Waals surface area (Å²) < 4.78 is 54.8. The lowest BCUT2D eigenvalue weighted by atomic mass is 10.1. The molecule has 0 fully saturated rings. The number of aromatic hydroxyl groups is 2. The van der Waals surface area contributed by atoms with Gasteiger partial charge in [-0.25, -0.2) is 16.8 Å². The van der Waals surface area contributed by atoms with Crippen LogP contribution in [0.4, 0.5) is 0 Å². The lowest BCUT2D eigenvalue weighted by Gasteiger charge is -2.24. The van der Waals surface area contributed by atoms with Gasteiger partial charge in [-0.1, -0.05) is 100 Å². The minimum atomic E-state index is -4.31. The number of hydrogen-bond donors (Lipinski definition) is 2. The molecular formula is C29H25Cl4NO6S2. The molecule has 222 valence electrons. The second-order valence-corrected chi connectivity index (χ2v) is 15.3. The maximum absolute atomic E-state index is 13.8. The predicted octanol–water partition coefficient (Wildman–Crippen LogP) is 7.43. The zero-order chi connectivity index (χ0) is 30.8. The number of hydrogen-bond acceptors (Lipinski definition) is 6. The smallest absolute Gasteiger partial charge is 0.247 e. The number of phenols is 2. The summed E-state index contributed by atoms with van der Waals surface area (Å²) in [6, 6.07) is 18.9. The molecule has 0 amide bonds. The standard InChI is InChI=1S/C29H25Cl4NO6S2/c1-18-5-7-20(8-6-18)16-34(42(39,40)27-15-23(31)13-25(33)29(27)36)17-21-4-2-3-19(11-21)9-10-41(37,38)26-14-22(30)12-24(32)28(26)35/h2-8,11-15,35-36H,9-10,16-17H2,1H3. The number of phenolic OH excluding ortho intramolecular Hbond substituents is 2. The van der Waals surface area contributed by atoms with Gasteiger partial charge >= 0.3 is 0 Å². The van der Waals surface area contributed by atoms with Crippen molar-refractivity contribution in [2.24, 2.45) is 0 Å². The molecule has 0 aliphatic carbocycles. The summed E-state index contributed by atoms with van der Waals surface area (Å²) in [5.74, 6) is -1.55. The zero-order valence-electron chi connectivity index (χ0n) is 22.1. The molecule has 0 bridgehead atoms. The van der Waals surface area contributed by atoms with Gasteiger partial charge in [0, 0.05) is 23.1 Å². The van der Waals surface area contributed by atoms with Crippen LogP contribution in [0, 0.1) is 6.92 Å². The Morgan fingerprint density at radius 2 is 1.19 bits per heavy atom. The van der Waals surface area contributed by atoms with Gasteiger partial charge in [0.2, 0.25) is 10.0 Å². The fourth-order valence-electron chi connectivity index (χ4n) is 4.23. The van der Waals surface area contributed by atoms with Crippen molar-refractivity contribution in [1.82, 2.24) is 4.31 Å². The Morgan fingerprint density at radius 1 is 0.667 bits per heavy atom. The van der Waals surface area contributed by atoms with Crippen LogP contribution in [0.15, 0.2) is 82.6 Å². The topological polar surface area (TPSA) is 112 Å². The molecule has 0 saturated heterocycles. The minimum Gasteiger partial charge on any atom is -0.505 e. The largest absolute Gasteiger partial charge is 0.505 e. The van der Waals surface area contributed by atoms with Crippen molar-refractivity contribution in [2.45, 2.75) is 36.2 Å². The summed E-state index contributed by atoms with van der Waals surface area (Å²) in [6.45, 7) is 1.78. The Hall–Kier alpha value is -2.50. The first-order valence-corrected chi connectivity index (χ1v) is 17.0. The monoisotopic (exact) mass is 687 g/mol. The summed E-state index contributed by atoms with van der Waals surface area (Å²) in [5.41, 5.74) is 2.90. The second kappa shape index (κ2) is 13.0. The fraction of sp³-hybridized carbons (Fsp3) is 0.172. The Balaban J connectivity index is 1.64. The molecule has 0 spiro atoms. The van der Waals surface area contributed by atoms with Gasteiger partial charge in [-0.05, 0) is 54.3 Å². The van der Waals surface area contributed by atoms with Gasteiger partial charge in [0.1, 0.15) is 9.79 Å². The van der Waals surface area contributed by atoms with Gasteiger partial charge in [-0.3, -0.25) is 0 Å². The van der Waals surface area contributed by atoms with Crippen LogP contribution in [0.3, 0.4) is 0 Å². The van der Waals surface area contributed by atoms with E-state index in [1.54, 1.807) is 36.4 Å². The summed E-state index contributed by atoms with van der Waals surface area (Å²) in [4.78, 5) is -0.805. The van der Waals surface area contributed by atoms with Crippen molar-refractivity contribution in [3.8, 4) is 11.5 Å². The molecule has 0 aliphatic rings. The van der Waals surface area contributed by atoms with Crippen LogP contribution in [0.5, 0.6) is 11.5 Å². The Kier molecular flexibility index (Phi) is 10.0. The first-order chi connectivity index (χ1) is 19.7. The van der Waals surface area contributed by atoms with Crippen molar-refractivity contribution < 1.29 is 27.0 Å². The van der Waals surface area contributed by atoms with Gasteiger partial charge in [0.25, 0.3) is 0 Å². The van der Waals surface area contributed by atoms with Gasteiger partial charge in [0.15, 0.2) is 21.3 Å². The van der Waals surface area contributed by atoms with Crippen molar-refractivity contribution in [3.63, 3.8) is 0 Å². The SMILES string of the molecule is Cc1ccc(CN(Cc2cccc(CCS(=O)(=O)c3cc(Cl)cc(Cl)c3O)c2)S(=O)(=O)c2cc(Cl)cc(Cl)c2O)cc1. The van der Waals surface area contributed by atoms with E-state index in [9.17, 15) is 27.0 Å². The van der Waals surface area contributed by atoms with Crippen LogP contribution >= 0.6 is 46.4 Å². The van der Waals surface area contributed by atoms with E-state index in [2.05, 4.69) is 0 Å². The van der Waals surface area contributed by atoms with Crippen LogP contribution in [-0.2, 0) is 39.4 Å². The van der Waals surface area contributed by atoms with Crippen LogP contribution < -0.4 is 0 Å². The Labute approximate surface area is 264 Å². The van der Waals surface area contributed by atoms with Crippen molar-refractivity contribution in [1.29, 1.82) is 0 Å². The van der Waals surface area contributed by atoms with E-state index in [1.807, 2.05) is 19.1 Å². The molecule has 4 aromatic carbocycles. The van der Waals surface area contributed by atoms with Crippen LogP contribution in [0.2, 0.25) is 20.1 Å². The Morgan fingerprint density at radius 3 is 1.81 bits per heavy atom. The van der Waals surface area contributed by atoms with E-state index in [-0.39, 0.29) is 50.2 Å². The van der Waals surface area contributed by atoms with Gasteiger partial charge in [0.05, 0.1) is 15.8 Å². The molecule has 4 rings (SSSR count). The fourth-order valence-corrected chi connectivity index (χ4v) is 8.44. The van der Waals surface area contributed by atoms with E-state index >= 15 is 0 Å². The third kappa shape index (κ3) is 7.52. The van der Waals surface area contributed by atoms with Crippen molar-refractivity contribution in [2.75, 3.05) is 5.75 Å². The minimum absolute atomic E-state index is 0.0282. The van der Waals surface area contributed by atoms with Crippen LogP contribution in [0.1, 0.15) is 22.3 Å². The highest BCUT2D eigenvalue weighted by molar-refractivity contribution is 7.91. The molecule has 0 atom stereocenters. The molecule has 0 unspecified atom stereocenters. The summed E-state index contributed by atoms with van der Waals surface area (Å²) in [5, 5.41) is 20.5. The first kappa shape index (κ1) is 32.4. The normalized spacial score (nSPS) is 12.1. The molecule has 0 aliphatic heterocycles. The zero-order valence-corrected chi connectivity index (χ0v) is 26.7. The summed E-state index contributed by atoms with van der Waals surface area (Å²) in [7, 11) is -8.28. The summed E-state index contributed by atoms with van der Waals surface area (Å²) in [6.07, 6.45) is 0.0646. The van der Waals surface area contributed by atoms with E-state index in [0.717, 1.165) is 17.7 Å². The molecule has 2 N–H and O–H groups in total. The second-order valence-electron chi connectivity index (χ2n) is 9.62. The molecule has 13 heteroatoms. The van der Waals surface area contributed by atoms with E-state index in [4.69, 9.17) is 46.4 Å². The third-order valence-electron chi connectivity index (χ3n) is 6.43. The molecule has 0 saturated carbocycles.